The quantitative estimate of drug-likeness (QED) is 0.289. The number of nitrogens with zero attached hydrogens (tertiary/aromatic N) is 2. The molecule has 0 saturated carbocycles. The molecule has 0 spiro atoms. The number of carbonyl (C=O) groups excluding carboxylic acids is 1. The first-order chi connectivity index (χ1) is 16.9. The Morgan fingerprint density at radius 1 is 1.20 bits per heavy atom. The number of halogens is 2. The minimum atomic E-state index is -0.397. The topological polar surface area (TPSA) is 100 Å². The van der Waals surface area contributed by atoms with Gasteiger partial charge >= 0.3 is 0 Å². The van der Waals surface area contributed by atoms with Gasteiger partial charge in [0.1, 0.15) is 17.7 Å². The lowest BCUT2D eigenvalue weighted by Gasteiger charge is -2.13. The number of imidazole rings is 1. The van der Waals surface area contributed by atoms with E-state index in [2.05, 4.69) is 37.3 Å². The Kier molecular flexibility index (Phi) is 7.13. The second kappa shape index (κ2) is 10.4. The van der Waals surface area contributed by atoms with Gasteiger partial charge < -0.3 is 19.8 Å². The van der Waals surface area contributed by atoms with E-state index in [1.807, 2.05) is 31.2 Å². The summed E-state index contributed by atoms with van der Waals surface area (Å²) in [5, 5.41) is 12.5. The molecule has 0 atom stereocenters. The van der Waals surface area contributed by atoms with Crippen molar-refractivity contribution in [3.05, 3.63) is 81.8 Å². The highest BCUT2D eigenvalue weighted by Crippen LogP contribution is 2.35. The summed E-state index contributed by atoms with van der Waals surface area (Å²) in [5.74, 6) is 0.335. The lowest BCUT2D eigenvalue weighted by atomic mass is 10.1. The summed E-state index contributed by atoms with van der Waals surface area (Å²) < 4.78 is 25.2. The number of aromatic amines is 1. The SMILES string of the molecule is COc1cc(/C=C(/C#N)c2nc3ccc(F)cc3[nH]2)c(Br)cc1OCC(=O)Nc1ccc(C)cc1. The molecule has 9 heteroatoms. The largest absolute Gasteiger partial charge is 0.493 e. The monoisotopic (exact) mass is 534 g/mol. The van der Waals surface area contributed by atoms with Crippen LogP contribution in [0.3, 0.4) is 0 Å². The molecule has 1 aromatic heterocycles. The fraction of sp³-hybridized carbons (Fsp3) is 0.115. The van der Waals surface area contributed by atoms with Gasteiger partial charge in [-0.05, 0) is 61.0 Å². The van der Waals surface area contributed by atoms with Gasteiger partial charge in [-0.2, -0.15) is 5.26 Å². The molecular formula is C26H20BrFN4O3. The molecule has 2 N–H and O–H groups in total. The van der Waals surface area contributed by atoms with Crippen molar-refractivity contribution >= 4 is 50.2 Å². The molecule has 3 aromatic carbocycles. The number of hydrogen-bond donors (Lipinski definition) is 2. The number of H-pyrrole nitrogens is 1. The molecule has 0 radical (unpaired) electrons. The number of ether oxygens (including phenoxy) is 2. The van der Waals surface area contributed by atoms with E-state index in [9.17, 15) is 14.4 Å². The number of nitrogens with one attached hydrogen (secondary N) is 2. The fourth-order valence-corrected chi connectivity index (χ4v) is 3.77. The van der Waals surface area contributed by atoms with Gasteiger partial charge in [0.25, 0.3) is 5.91 Å². The average molecular weight is 535 g/mol. The third kappa shape index (κ3) is 5.67. The zero-order valence-corrected chi connectivity index (χ0v) is 20.4. The van der Waals surface area contributed by atoms with Crippen molar-refractivity contribution < 1.29 is 18.7 Å². The molecule has 4 rings (SSSR count). The van der Waals surface area contributed by atoms with Crippen molar-refractivity contribution in [3.63, 3.8) is 0 Å². The van der Waals surface area contributed by atoms with Gasteiger partial charge in [0, 0.05) is 10.2 Å². The first kappa shape index (κ1) is 24.0. The maximum Gasteiger partial charge on any atom is 0.262 e. The van der Waals surface area contributed by atoms with E-state index in [1.54, 1.807) is 24.3 Å². The Morgan fingerprint density at radius 2 is 1.97 bits per heavy atom. The van der Waals surface area contributed by atoms with Gasteiger partial charge in [0.05, 0.1) is 23.7 Å². The predicted octanol–water partition coefficient (Wildman–Crippen LogP) is 5.86. The molecule has 1 amide bonds. The Morgan fingerprint density at radius 3 is 2.69 bits per heavy atom. The average Bonchev–Trinajstić information content (AvgIpc) is 3.26. The standard InChI is InChI=1S/C26H20BrFN4O3/c1-15-3-6-19(7-4-15)30-25(33)14-35-24-12-20(27)16(10-23(24)34-2)9-17(13-29)26-31-21-8-5-18(28)11-22(21)32-26/h3-12H,14H2,1-2H3,(H,30,33)(H,31,32)/b17-9-. The molecule has 0 aliphatic heterocycles. The summed E-state index contributed by atoms with van der Waals surface area (Å²) in [7, 11) is 1.48. The van der Waals surface area contributed by atoms with Crippen LogP contribution in [-0.2, 0) is 4.79 Å². The minimum Gasteiger partial charge on any atom is -0.493 e. The molecule has 35 heavy (non-hydrogen) atoms. The smallest absolute Gasteiger partial charge is 0.262 e. The number of fused-ring (bicyclic) bond motifs is 1. The van der Waals surface area contributed by atoms with Gasteiger partial charge in [0.2, 0.25) is 0 Å². The summed E-state index contributed by atoms with van der Waals surface area (Å²) >= 11 is 3.48. The van der Waals surface area contributed by atoms with Crippen LogP contribution in [0, 0.1) is 24.1 Å². The fourth-order valence-electron chi connectivity index (χ4n) is 3.33. The molecule has 4 aromatic rings. The normalized spacial score (nSPS) is 11.2. The summed E-state index contributed by atoms with van der Waals surface area (Å²) in [4.78, 5) is 19.6. The van der Waals surface area contributed by atoms with Crippen molar-refractivity contribution in [2.75, 3.05) is 19.0 Å². The Labute approximate surface area is 209 Å². The number of anilines is 1. The van der Waals surface area contributed by atoms with Gasteiger partial charge in [-0.25, -0.2) is 9.37 Å². The summed E-state index contributed by atoms with van der Waals surface area (Å²) in [6, 6.07) is 17.1. The van der Waals surface area contributed by atoms with Crippen LogP contribution < -0.4 is 14.8 Å². The van der Waals surface area contributed by atoms with Crippen LogP contribution in [0.5, 0.6) is 11.5 Å². The second-order valence-corrected chi connectivity index (χ2v) is 8.50. The van der Waals surface area contributed by atoms with E-state index in [4.69, 9.17) is 9.47 Å². The van der Waals surface area contributed by atoms with E-state index in [0.717, 1.165) is 5.56 Å². The van der Waals surface area contributed by atoms with Crippen molar-refractivity contribution in [1.82, 2.24) is 9.97 Å². The van der Waals surface area contributed by atoms with E-state index in [1.165, 1.54) is 19.2 Å². The number of allylic oxidation sites excluding steroid dienone is 1. The van der Waals surface area contributed by atoms with E-state index >= 15 is 0 Å². The molecule has 176 valence electrons. The van der Waals surface area contributed by atoms with Crippen LogP contribution in [0.1, 0.15) is 17.0 Å². The van der Waals surface area contributed by atoms with Crippen LogP contribution in [0.2, 0.25) is 0 Å². The van der Waals surface area contributed by atoms with E-state index in [-0.39, 0.29) is 18.1 Å². The molecule has 0 fully saturated rings. The Balaban J connectivity index is 1.54. The van der Waals surface area contributed by atoms with Gasteiger partial charge in [-0.15, -0.1) is 0 Å². The van der Waals surface area contributed by atoms with Crippen LogP contribution >= 0.6 is 15.9 Å². The van der Waals surface area contributed by atoms with Crippen molar-refractivity contribution in [3.8, 4) is 17.6 Å². The van der Waals surface area contributed by atoms with Crippen LogP contribution in [-0.4, -0.2) is 29.6 Å². The summed E-state index contributed by atoms with van der Waals surface area (Å²) in [5.41, 5.74) is 3.68. The van der Waals surface area contributed by atoms with Gasteiger partial charge in [0.15, 0.2) is 18.1 Å². The van der Waals surface area contributed by atoms with Crippen LogP contribution in [0.15, 0.2) is 59.1 Å². The zero-order valence-electron chi connectivity index (χ0n) is 18.9. The maximum absolute atomic E-state index is 13.5. The lowest BCUT2D eigenvalue weighted by molar-refractivity contribution is -0.118. The molecular weight excluding hydrogens is 515 g/mol. The predicted molar refractivity (Wildman–Crippen MR) is 136 cm³/mol. The highest BCUT2D eigenvalue weighted by molar-refractivity contribution is 9.10. The number of aromatic nitrogens is 2. The number of hydrogen-bond acceptors (Lipinski definition) is 5. The molecule has 0 bridgehead atoms. The first-order valence-electron chi connectivity index (χ1n) is 10.5. The van der Waals surface area contributed by atoms with Crippen molar-refractivity contribution in [2.24, 2.45) is 0 Å². The molecule has 0 aliphatic carbocycles. The number of aryl methyl sites for hydroxylation is 1. The lowest BCUT2D eigenvalue weighted by Crippen LogP contribution is -2.20. The zero-order chi connectivity index (χ0) is 24.9. The van der Waals surface area contributed by atoms with Gasteiger partial charge in [-0.3, -0.25) is 4.79 Å². The van der Waals surface area contributed by atoms with Crippen LogP contribution in [0.25, 0.3) is 22.7 Å². The number of nitriles is 1. The number of carbonyl (C=O) groups is 1. The van der Waals surface area contributed by atoms with E-state index in [0.29, 0.717) is 44.1 Å². The summed E-state index contributed by atoms with van der Waals surface area (Å²) in [6.45, 7) is 1.75. The molecule has 0 aliphatic rings. The van der Waals surface area contributed by atoms with Crippen molar-refractivity contribution in [1.29, 1.82) is 5.26 Å². The van der Waals surface area contributed by atoms with E-state index < -0.39 is 5.82 Å². The molecule has 0 saturated heterocycles. The summed E-state index contributed by atoms with van der Waals surface area (Å²) in [6.07, 6.45) is 1.62. The molecule has 1 heterocycles. The third-order valence-electron chi connectivity index (χ3n) is 5.10. The minimum absolute atomic E-state index is 0.217. The number of benzene rings is 3. The maximum atomic E-state index is 13.5. The van der Waals surface area contributed by atoms with Crippen LogP contribution in [0.4, 0.5) is 10.1 Å². The highest BCUT2D eigenvalue weighted by Gasteiger charge is 2.14. The Bertz CT molecular complexity index is 1470. The number of methoxy groups -OCH3 is 1. The number of rotatable bonds is 7. The number of amides is 1. The molecule has 0 unspecified atom stereocenters. The molecule has 7 nitrogen and oxygen atoms in total. The van der Waals surface area contributed by atoms with Gasteiger partial charge in [-0.1, -0.05) is 33.6 Å². The van der Waals surface area contributed by atoms with Crippen molar-refractivity contribution in [2.45, 2.75) is 6.92 Å². The highest BCUT2D eigenvalue weighted by atomic mass is 79.9. The Hall–Kier alpha value is -4.16. The second-order valence-electron chi connectivity index (χ2n) is 7.64. The third-order valence-corrected chi connectivity index (χ3v) is 5.78. The first-order valence-corrected chi connectivity index (χ1v) is 11.3.